The number of hydrogen-bond donors (Lipinski definition) is 0. The van der Waals surface area contributed by atoms with Gasteiger partial charge in [-0.15, -0.1) is 0 Å². The molecule has 0 radical (unpaired) electrons. The molecule has 6 heteroatoms. The van der Waals surface area contributed by atoms with Crippen LogP contribution in [0.1, 0.15) is 11.3 Å². The fourth-order valence-corrected chi connectivity index (χ4v) is 2.61. The van der Waals surface area contributed by atoms with E-state index in [0.29, 0.717) is 35.5 Å². The zero-order valence-electron chi connectivity index (χ0n) is 12.6. The average molecular weight is 325 g/mol. The Bertz CT molecular complexity index is 993. The monoisotopic (exact) mass is 325 g/mol. The number of benzene rings is 1. The summed E-state index contributed by atoms with van der Waals surface area (Å²) >= 11 is 0. The van der Waals surface area contributed by atoms with Crippen molar-refractivity contribution in [1.82, 2.24) is 14.6 Å². The normalized spacial score (nSPS) is 11.2. The molecule has 0 aliphatic carbocycles. The van der Waals surface area contributed by atoms with Crippen molar-refractivity contribution in [2.24, 2.45) is 0 Å². The highest BCUT2D eigenvalue weighted by Gasteiger charge is 2.10. The first-order valence-electron chi connectivity index (χ1n) is 7.53. The predicted molar refractivity (Wildman–Crippen MR) is 84.5 cm³/mol. The Kier molecular flexibility index (Phi) is 3.57. The van der Waals surface area contributed by atoms with Gasteiger partial charge in [0, 0.05) is 18.0 Å². The molecule has 0 atom stereocenters. The number of nitrogens with zero attached hydrogens (tertiary/aromatic N) is 3. The van der Waals surface area contributed by atoms with Crippen LogP contribution in [-0.2, 0) is 12.8 Å². The molecule has 0 fully saturated rings. The number of aryl methyl sites for hydroxylation is 2. The third-order valence-corrected chi connectivity index (χ3v) is 3.84. The predicted octanol–water partition coefficient (Wildman–Crippen LogP) is 4.05. The number of furan rings is 1. The first-order valence-corrected chi connectivity index (χ1v) is 7.53. The molecular weight excluding hydrogens is 312 g/mol. The zero-order chi connectivity index (χ0) is 16.5. The molecule has 0 aliphatic rings. The summed E-state index contributed by atoms with van der Waals surface area (Å²) in [5.74, 6) is -0.943. The Balaban J connectivity index is 1.58. The molecule has 4 rings (SSSR count). The Hall–Kier alpha value is -3.02. The summed E-state index contributed by atoms with van der Waals surface area (Å²) in [7, 11) is 0. The summed E-state index contributed by atoms with van der Waals surface area (Å²) in [6.45, 7) is 0. The lowest BCUT2D eigenvalue weighted by Gasteiger charge is -2.04. The number of rotatable bonds is 4. The highest BCUT2D eigenvalue weighted by molar-refractivity contribution is 5.58. The van der Waals surface area contributed by atoms with E-state index in [0.717, 1.165) is 11.8 Å². The molecule has 4 aromatic rings. The van der Waals surface area contributed by atoms with E-state index < -0.39 is 11.6 Å². The number of halogens is 2. The van der Waals surface area contributed by atoms with Crippen molar-refractivity contribution in [2.45, 2.75) is 12.8 Å². The van der Waals surface area contributed by atoms with Crippen LogP contribution >= 0.6 is 0 Å². The molecule has 0 saturated carbocycles. The number of hydrogen-bond acceptors (Lipinski definition) is 3. The second-order valence-electron chi connectivity index (χ2n) is 5.44. The van der Waals surface area contributed by atoms with Crippen LogP contribution in [0.5, 0.6) is 0 Å². The van der Waals surface area contributed by atoms with Gasteiger partial charge in [-0.1, -0.05) is 12.1 Å². The molecule has 0 saturated heterocycles. The van der Waals surface area contributed by atoms with Gasteiger partial charge in [-0.3, -0.25) is 0 Å². The van der Waals surface area contributed by atoms with Crippen LogP contribution < -0.4 is 0 Å². The topological polar surface area (TPSA) is 43.3 Å². The van der Waals surface area contributed by atoms with Gasteiger partial charge in [0.1, 0.15) is 5.69 Å². The van der Waals surface area contributed by atoms with Crippen LogP contribution in [0.2, 0.25) is 0 Å². The molecule has 0 unspecified atom stereocenters. The Labute approximate surface area is 136 Å². The van der Waals surface area contributed by atoms with Gasteiger partial charge in [0.15, 0.2) is 23.0 Å². The highest BCUT2D eigenvalue weighted by atomic mass is 19.2. The third-order valence-electron chi connectivity index (χ3n) is 3.84. The van der Waals surface area contributed by atoms with Crippen LogP contribution in [0, 0.1) is 11.6 Å². The summed E-state index contributed by atoms with van der Waals surface area (Å²) in [5, 5.41) is 4.39. The summed E-state index contributed by atoms with van der Waals surface area (Å²) in [4.78, 5) is 4.52. The molecule has 0 N–H and O–H groups in total. The maximum Gasteiger partial charge on any atom is 0.162 e. The van der Waals surface area contributed by atoms with Gasteiger partial charge in [-0.2, -0.15) is 5.10 Å². The van der Waals surface area contributed by atoms with E-state index in [1.807, 2.05) is 18.2 Å². The minimum Gasteiger partial charge on any atom is -0.463 e. The van der Waals surface area contributed by atoms with Crippen molar-refractivity contribution >= 4 is 5.65 Å². The van der Waals surface area contributed by atoms with Crippen LogP contribution in [-0.4, -0.2) is 14.6 Å². The maximum absolute atomic E-state index is 13.7. The summed E-state index contributed by atoms with van der Waals surface area (Å²) < 4.78 is 33.9. The van der Waals surface area contributed by atoms with E-state index >= 15 is 0 Å². The van der Waals surface area contributed by atoms with Crippen molar-refractivity contribution < 1.29 is 13.2 Å². The Morgan fingerprint density at radius 2 is 1.96 bits per heavy atom. The van der Waals surface area contributed by atoms with E-state index in [1.165, 1.54) is 6.07 Å². The van der Waals surface area contributed by atoms with Gasteiger partial charge in [0.25, 0.3) is 0 Å². The minimum absolute atomic E-state index is 0.349. The summed E-state index contributed by atoms with van der Waals surface area (Å²) in [5.41, 5.74) is 2.51. The molecule has 3 heterocycles. The Morgan fingerprint density at radius 1 is 1.04 bits per heavy atom. The molecule has 120 valence electrons. The van der Waals surface area contributed by atoms with Crippen LogP contribution in [0.3, 0.4) is 0 Å². The van der Waals surface area contributed by atoms with Crippen LogP contribution in [0.25, 0.3) is 17.1 Å². The van der Waals surface area contributed by atoms with E-state index in [1.54, 1.807) is 29.1 Å². The van der Waals surface area contributed by atoms with Gasteiger partial charge in [-0.05, 0) is 42.7 Å². The summed E-state index contributed by atoms with van der Waals surface area (Å²) in [6, 6.07) is 11.5. The van der Waals surface area contributed by atoms with Crippen molar-refractivity contribution in [3.8, 4) is 11.5 Å². The fourth-order valence-electron chi connectivity index (χ4n) is 2.61. The molecule has 4 nitrogen and oxygen atoms in total. The maximum atomic E-state index is 13.7. The molecular formula is C18H13F2N3O. The molecule has 1 aromatic carbocycles. The van der Waals surface area contributed by atoms with Gasteiger partial charge in [-0.25, -0.2) is 18.3 Å². The highest BCUT2D eigenvalue weighted by Crippen LogP contribution is 2.20. The average Bonchev–Trinajstić information content (AvgIpc) is 3.24. The first kappa shape index (κ1) is 14.6. The molecule has 0 aliphatic heterocycles. The lowest BCUT2D eigenvalue weighted by molar-refractivity contribution is 0.498. The molecule has 24 heavy (non-hydrogen) atoms. The molecule has 3 aromatic heterocycles. The van der Waals surface area contributed by atoms with Gasteiger partial charge < -0.3 is 4.42 Å². The van der Waals surface area contributed by atoms with E-state index in [-0.39, 0.29) is 0 Å². The molecule has 0 amide bonds. The van der Waals surface area contributed by atoms with Gasteiger partial charge in [0.2, 0.25) is 0 Å². The van der Waals surface area contributed by atoms with Gasteiger partial charge in [0.05, 0.1) is 6.26 Å². The third kappa shape index (κ3) is 2.67. The molecule has 0 bridgehead atoms. The van der Waals surface area contributed by atoms with Crippen molar-refractivity contribution in [3.63, 3.8) is 0 Å². The zero-order valence-corrected chi connectivity index (χ0v) is 12.6. The SMILES string of the molecule is Fc1cccc(CCc2ccn3nc(-c4ccco4)cc3n2)c1F. The quantitative estimate of drug-likeness (QED) is 0.568. The van der Waals surface area contributed by atoms with Crippen molar-refractivity contribution in [1.29, 1.82) is 0 Å². The first-order chi connectivity index (χ1) is 11.7. The van der Waals surface area contributed by atoms with E-state index in [2.05, 4.69) is 10.1 Å². The van der Waals surface area contributed by atoms with Crippen LogP contribution in [0.4, 0.5) is 8.78 Å². The van der Waals surface area contributed by atoms with E-state index in [4.69, 9.17) is 4.42 Å². The lowest BCUT2D eigenvalue weighted by Crippen LogP contribution is -2.00. The van der Waals surface area contributed by atoms with Crippen molar-refractivity contribution in [2.75, 3.05) is 0 Å². The summed E-state index contributed by atoms with van der Waals surface area (Å²) in [6.07, 6.45) is 4.28. The van der Waals surface area contributed by atoms with Crippen LogP contribution in [0.15, 0.2) is 59.3 Å². The Morgan fingerprint density at radius 3 is 2.79 bits per heavy atom. The smallest absolute Gasteiger partial charge is 0.162 e. The second-order valence-corrected chi connectivity index (χ2v) is 5.44. The fraction of sp³-hybridized carbons (Fsp3) is 0.111. The van der Waals surface area contributed by atoms with Gasteiger partial charge >= 0.3 is 0 Å². The largest absolute Gasteiger partial charge is 0.463 e. The second kappa shape index (κ2) is 5.88. The van der Waals surface area contributed by atoms with Crippen molar-refractivity contribution in [3.05, 3.63) is 77.8 Å². The lowest BCUT2D eigenvalue weighted by atomic mass is 10.1. The molecule has 0 spiro atoms. The number of fused-ring (bicyclic) bond motifs is 1. The number of aromatic nitrogens is 3. The van der Waals surface area contributed by atoms with E-state index in [9.17, 15) is 8.78 Å². The minimum atomic E-state index is -0.824. The standard InChI is InChI=1S/C18H13F2N3O/c19-14-4-1-3-12(18(14)20)6-7-13-8-9-23-17(21-13)11-15(22-23)16-5-2-10-24-16/h1-5,8-11H,6-7H2.